The Balaban J connectivity index is 2.35. The second-order valence-corrected chi connectivity index (χ2v) is 8.36. The molecule has 0 radical (unpaired) electrons. The highest BCUT2D eigenvalue weighted by Gasteiger charge is 2.30. The van der Waals surface area contributed by atoms with Gasteiger partial charge in [-0.05, 0) is 32.1 Å². The molecule has 1 aliphatic heterocycles. The Bertz CT molecular complexity index is 428. The van der Waals surface area contributed by atoms with Crippen LogP contribution in [0.15, 0.2) is 0 Å². The number of carbonyl (C=O) groups excluding carboxylic acids is 1. The van der Waals surface area contributed by atoms with Crippen LogP contribution in [0.25, 0.3) is 0 Å². The number of amides is 1. The summed E-state index contributed by atoms with van der Waals surface area (Å²) >= 11 is 0. The molecule has 1 atom stereocenters. The Morgan fingerprint density at radius 2 is 1.90 bits per heavy atom. The van der Waals surface area contributed by atoms with Crippen molar-refractivity contribution in [3.05, 3.63) is 0 Å². The first-order chi connectivity index (χ1) is 9.76. The van der Waals surface area contributed by atoms with Crippen molar-refractivity contribution in [3.8, 4) is 0 Å². The van der Waals surface area contributed by atoms with Crippen molar-refractivity contribution in [2.75, 3.05) is 25.4 Å². The fraction of sp³-hybridized carbons (Fsp3) is 0.929. The molecule has 1 unspecified atom stereocenters. The van der Waals surface area contributed by atoms with Crippen LogP contribution in [0.3, 0.4) is 0 Å². The second-order valence-electron chi connectivity index (χ2n) is 6.10. The fourth-order valence-electron chi connectivity index (χ4n) is 2.57. The van der Waals surface area contributed by atoms with Crippen LogP contribution in [-0.4, -0.2) is 55.2 Å². The van der Waals surface area contributed by atoms with Gasteiger partial charge in [0.05, 0.1) is 11.9 Å². The molecule has 124 valence electrons. The minimum absolute atomic E-state index is 0.0775. The van der Waals surface area contributed by atoms with E-state index in [0.29, 0.717) is 38.3 Å². The van der Waals surface area contributed by atoms with E-state index in [-0.39, 0.29) is 24.1 Å². The quantitative estimate of drug-likeness (QED) is 0.718. The molecule has 1 heterocycles. The SMILES string of the molecule is CCS(=O)(=O)N1CCC(C(=O)NCC(O)CC(C)C)CC1. The molecular weight excluding hydrogens is 292 g/mol. The van der Waals surface area contributed by atoms with Gasteiger partial charge >= 0.3 is 0 Å². The van der Waals surface area contributed by atoms with Gasteiger partial charge in [0.25, 0.3) is 0 Å². The van der Waals surface area contributed by atoms with Gasteiger partial charge in [0.1, 0.15) is 0 Å². The third kappa shape index (κ3) is 5.92. The number of nitrogens with one attached hydrogen (secondary N) is 1. The Hall–Kier alpha value is -0.660. The molecule has 0 spiro atoms. The average molecular weight is 320 g/mol. The lowest BCUT2D eigenvalue weighted by atomic mass is 9.97. The number of hydrogen-bond donors (Lipinski definition) is 2. The molecule has 1 rings (SSSR count). The van der Waals surface area contributed by atoms with E-state index >= 15 is 0 Å². The van der Waals surface area contributed by atoms with Crippen LogP contribution in [0.2, 0.25) is 0 Å². The summed E-state index contributed by atoms with van der Waals surface area (Å²) in [5.41, 5.74) is 0. The van der Waals surface area contributed by atoms with Crippen molar-refractivity contribution in [3.63, 3.8) is 0 Å². The standard InChI is InChI=1S/C14H28N2O4S/c1-4-21(19,20)16-7-5-12(6-8-16)14(18)15-10-13(17)9-11(2)3/h11-13,17H,4-10H2,1-3H3,(H,15,18). The lowest BCUT2D eigenvalue weighted by Gasteiger charge is -2.30. The molecule has 21 heavy (non-hydrogen) atoms. The van der Waals surface area contributed by atoms with E-state index in [1.165, 1.54) is 4.31 Å². The molecule has 6 nitrogen and oxygen atoms in total. The highest BCUT2D eigenvalue weighted by atomic mass is 32.2. The van der Waals surface area contributed by atoms with Crippen molar-refractivity contribution >= 4 is 15.9 Å². The summed E-state index contributed by atoms with van der Waals surface area (Å²) in [5, 5.41) is 12.5. The first kappa shape index (κ1) is 18.4. The van der Waals surface area contributed by atoms with Gasteiger partial charge in [0, 0.05) is 25.6 Å². The van der Waals surface area contributed by atoms with E-state index in [1.807, 2.05) is 13.8 Å². The summed E-state index contributed by atoms with van der Waals surface area (Å²) in [6, 6.07) is 0. The lowest BCUT2D eigenvalue weighted by molar-refractivity contribution is -0.126. The van der Waals surface area contributed by atoms with E-state index < -0.39 is 16.1 Å². The number of aliphatic hydroxyl groups is 1. The van der Waals surface area contributed by atoms with Gasteiger partial charge in [-0.25, -0.2) is 12.7 Å². The van der Waals surface area contributed by atoms with Crippen molar-refractivity contribution < 1.29 is 18.3 Å². The maximum atomic E-state index is 12.0. The molecule has 1 amide bonds. The van der Waals surface area contributed by atoms with Gasteiger partial charge in [0.15, 0.2) is 0 Å². The van der Waals surface area contributed by atoms with E-state index in [9.17, 15) is 18.3 Å². The van der Waals surface area contributed by atoms with Crippen molar-refractivity contribution in [1.29, 1.82) is 0 Å². The predicted octanol–water partition coefficient (Wildman–Crippen LogP) is 0.571. The smallest absolute Gasteiger partial charge is 0.223 e. The van der Waals surface area contributed by atoms with Crippen molar-refractivity contribution in [2.45, 2.75) is 46.1 Å². The van der Waals surface area contributed by atoms with Crippen LogP contribution in [0, 0.1) is 11.8 Å². The number of sulfonamides is 1. The molecule has 0 aromatic heterocycles. The number of rotatable bonds is 7. The van der Waals surface area contributed by atoms with Crippen LogP contribution in [0.4, 0.5) is 0 Å². The summed E-state index contributed by atoms with van der Waals surface area (Å²) in [4.78, 5) is 12.0. The van der Waals surface area contributed by atoms with Gasteiger partial charge in [-0.1, -0.05) is 13.8 Å². The maximum Gasteiger partial charge on any atom is 0.223 e. The summed E-state index contributed by atoms with van der Waals surface area (Å²) < 4.78 is 24.9. The summed E-state index contributed by atoms with van der Waals surface area (Å²) in [7, 11) is -3.15. The summed E-state index contributed by atoms with van der Waals surface area (Å²) in [6.07, 6.45) is 1.24. The van der Waals surface area contributed by atoms with Gasteiger partial charge in [0.2, 0.25) is 15.9 Å². The second kappa shape index (κ2) is 8.10. The van der Waals surface area contributed by atoms with Crippen LogP contribution < -0.4 is 5.32 Å². The van der Waals surface area contributed by atoms with E-state index in [4.69, 9.17) is 0 Å². The highest BCUT2D eigenvalue weighted by Crippen LogP contribution is 2.20. The fourth-order valence-corrected chi connectivity index (χ4v) is 3.70. The number of hydrogen-bond acceptors (Lipinski definition) is 4. The third-order valence-electron chi connectivity index (χ3n) is 3.84. The molecule has 1 aliphatic rings. The van der Waals surface area contributed by atoms with Gasteiger partial charge in [-0.2, -0.15) is 0 Å². The number of aliphatic hydroxyl groups excluding tert-OH is 1. The lowest BCUT2D eigenvalue weighted by Crippen LogP contribution is -2.44. The molecule has 2 N–H and O–H groups in total. The minimum atomic E-state index is -3.15. The largest absolute Gasteiger partial charge is 0.391 e. The zero-order valence-corrected chi connectivity index (χ0v) is 14.0. The molecule has 0 aromatic carbocycles. The van der Waals surface area contributed by atoms with Crippen LogP contribution >= 0.6 is 0 Å². The Kier molecular flexibility index (Phi) is 7.09. The van der Waals surface area contributed by atoms with Gasteiger partial charge in [-0.3, -0.25) is 4.79 Å². The van der Waals surface area contributed by atoms with Gasteiger partial charge in [-0.15, -0.1) is 0 Å². The molecule has 0 bridgehead atoms. The molecule has 1 fully saturated rings. The monoisotopic (exact) mass is 320 g/mol. The van der Waals surface area contributed by atoms with Crippen LogP contribution in [-0.2, 0) is 14.8 Å². The molecule has 0 aromatic rings. The van der Waals surface area contributed by atoms with Crippen LogP contribution in [0.5, 0.6) is 0 Å². The minimum Gasteiger partial charge on any atom is -0.391 e. The first-order valence-electron chi connectivity index (χ1n) is 7.69. The summed E-state index contributed by atoms with van der Waals surface area (Å²) in [5.74, 6) is 0.260. The topological polar surface area (TPSA) is 86.7 Å². The molecule has 0 aliphatic carbocycles. The van der Waals surface area contributed by atoms with Crippen molar-refractivity contribution in [2.24, 2.45) is 11.8 Å². The molecular formula is C14H28N2O4S. The van der Waals surface area contributed by atoms with E-state index in [1.54, 1.807) is 6.92 Å². The van der Waals surface area contributed by atoms with E-state index in [0.717, 1.165) is 0 Å². The maximum absolute atomic E-state index is 12.0. The molecule has 7 heteroatoms. The normalized spacial score (nSPS) is 19.7. The Labute approximate surface area is 128 Å². The number of nitrogens with zero attached hydrogens (tertiary/aromatic N) is 1. The first-order valence-corrected chi connectivity index (χ1v) is 9.30. The summed E-state index contributed by atoms with van der Waals surface area (Å²) in [6.45, 7) is 6.75. The van der Waals surface area contributed by atoms with E-state index in [2.05, 4.69) is 5.32 Å². The average Bonchev–Trinajstić information content (AvgIpc) is 2.44. The Morgan fingerprint density at radius 3 is 2.38 bits per heavy atom. The molecule has 1 saturated heterocycles. The molecule has 0 saturated carbocycles. The number of carbonyl (C=O) groups is 1. The third-order valence-corrected chi connectivity index (χ3v) is 5.72. The Morgan fingerprint density at radius 1 is 1.33 bits per heavy atom. The number of piperidine rings is 1. The zero-order valence-electron chi connectivity index (χ0n) is 13.2. The van der Waals surface area contributed by atoms with Crippen molar-refractivity contribution in [1.82, 2.24) is 9.62 Å². The van der Waals surface area contributed by atoms with Crippen LogP contribution in [0.1, 0.15) is 40.0 Å². The zero-order chi connectivity index (χ0) is 16.0. The predicted molar refractivity (Wildman–Crippen MR) is 82.2 cm³/mol. The highest BCUT2D eigenvalue weighted by molar-refractivity contribution is 7.89. The van der Waals surface area contributed by atoms with Gasteiger partial charge < -0.3 is 10.4 Å².